The Hall–Kier alpha value is -3.71. The van der Waals surface area contributed by atoms with Crippen molar-refractivity contribution in [2.45, 2.75) is 32.4 Å². The molecule has 7 heteroatoms. The molecular formula is C31H27ClN2O4. The normalized spacial score (nSPS) is 16.5. The molecule has 2 aromatic heterocycles. The molecule has 192 valence electrons. The molecule has 38 heavy (non-hydrogen) atoms. The van der Waals surface area contributed by atoms with Gasteiger partial charge in [0.15, 0.2) is 5.78 Å². The SMILES string of the molecule is Cc1noc(C)c1C(O)c1cc2cc(C(=O)CN3CCc4cccc(Cl)c4C3c3ccccc3)ccc2o1. The third kappa shape index (κ3) is 4.35. The molecule has 0 saturated heterocycles. The molecule has 1 N–H and O–H groups in total. The fourth-order valence-electron chi connectivity index (χ4n) is 5.54. The maximum Gasteiger partial charge on any atom is 0.176 e. The van der Waals surface area contributed by atoms with Crippen molar-refractivity contribution in [1.82, 2.24) is 10.1 Å². The molecule has 5 aromatic rings. The van der Waals surface area contributed by atoms with Crippen LogP contribution in [-0.2, 0) is 6.42 Å². The van der Waals surface area contributed by atoms with Gasteiger partial charge >= 0.3 is 0 Å². The second-order valence-electron chi connectivity index (χ2n) is 9.81. The summed E-state index contributed by atoms with van der Waals surface area (Å²) in [5.41, 5.74) is 5.80. The highest BCUT2D eigenvalue weighted by Crippen LogP contribution is 2.39. The standard InChI is InChI=1S/C31H27ClN2O4/c1-18-28(19(2)38-33-18)31(36)27-16-23-15-22(11-12-26(23)37-27)25(35)17-34-14-13-20-9-6-10-24(32)29(20)30(34)21-7-4-3-5-8-21/h3-12,15-16,30-31,36H,13-14,17H2,1-2H3. The number of aryl methyl sites for hydroxylation is 2. The fourth-order valence-corrected chi connectivity index (χ4v) is 5.83. The van der Waals surface area contributed by atoms with Crippen LogP contribution in [0.25, 0.3) is 11.0 Å². The van der Waals surface area contributed by atoms with Crippen molar-refractivity contribution in [3.8, 4) is 0 Å². The number of aromatic nitrogens is 1. The summed E-state index contributed by atoms with van der Waals surface area (Å²) >= 11 is 6.70. The first-order chi connectivity index (χ1) is 18.4. The molecule has 6 rings (SSSR count). The Morgan fingerprint density at radius 3 is 2.68 bits per heavy atom. The van der Waals surface area contributed by atoms with E-state index in [-0.39, 0.29) is 18.4 Å². The number of carbonyl (C=O) groups excluding carboxylic acids is 1. The molecule has 2 unspecified atom stereocenters. The van der Waals surface area contributed by atoms with Gasteiger partial charge in [-0.2, -0.15) is 0 Å². The average Bonchev–Trinajstić information content (AvgIpc) is 3.51. The summed E-state index contributed by atoms with van der Waals surface area (Å²) in [5.74, 6) is 0.935. The van der Waals surface area contributed by atoms with Crippen LogP contribution in [0.1, 0.15) is 62.0 Å². The molecule has 2 atom stereocenters. The minimum absolute atomic E-state index is 0.0114. The van der Waals surface area contributed by atoms with Crippen molar-refractivity contribution in [3.05, 3.63) is 123 Å². The number of ketones is 1. The van der Waals surface area contributed by atoms with Gasteiger partial charge in [0, 0.05) is 22.5 Å². The van der Waals surface area contributed by atoms with E-state index in [0.29, 0.717) is 33.9 Å². The van der Waals surface area contributed by atoms with Crippen molar-refractivity contribution in [1.29, 1.82) is 0 Å². The number of aliphatic hydroxyl groups is 1. The first-order valence-electron chi connectivity index (χ1n) is 12.6. The molecular weight excluding hydrogens is 500 g/mol. The highest BCUT2D eigenvalue weighted by Gasteiger charge is 2.32. The number of hydrogen-bond donors (Lipinski definition) is 1. The summed E-state index contributed by atoms with van der Waals surface area (Å²) in [6.07, 6.45) is -0.173. The smallest absolute Gasteiger partial charge is 0.176 e. The van der Waals surface area contributed by atoms with Gasteiger partial charge in [-0.3, -0.25) is 9.69 Å². The van der Waals surface area contributed by atoms with Crippen LogP contribution in [0.4, 0.5) is 0 Å². The Balaban J connectivity index is 1.29. The number of Topliss-reactive ketones (excluding diaryl/α,β-unsaturated/α-hetero) is 1. The van der Waals surface area contributed by atoms with Gasteiger partial charge in [0.05, 0.1) is 23.8 Å². The number of furan rings is 1. The zero-order chi connectivity index (χ0) is 26.4. The largest absolute Gasteiger partial charge is 0.458 e. The van der Waals surface area contributed by atoms with Crippen molar-refractivity contribution in [2.24, 2.45) is 0 Å². The second-order valence-corrected chi connectivity index (χ2v) is 10.2. The van der Waals surface area contributed by atoms with Gasteiger partial charge in [0.1, 0.15) is 23.2 Å². The summed E-state index contributed by atoms with van der Waals surface area (Å²) in [5, 5.41) is 16.3. The molecule has 1 aliphatic rings. The lowest BCUT2D eigenvalue weighted by Crippen LogP contribution is -2.39. The van der Waals surface area contributed by atoms with Crippen LogP contribution in [0.2, 0.25) is 5.02 Å². The van der Waals surface area contributed by atoms with E-state index in [9.17, 15) is 9.90 Å². The highest BCUT2D eigenvalue weighted by molar-refractivity contribution is 6.31. The van der Waals surface area contributed by atoms with Crippen LogP contribution in [0.5, 0.6) is 0 Å². The lowest BCUT2D eigenvalue weighted by Gasteiger charge is -2.38. The number of halogens is 1. The first-order valence-corrected chi connectivity index (χ1v) is 13.0. The molecule has 3 aromatic carbocycles. The van der Waals surface area contributed by atoms with E-state index < -0.39 is 6.10 Å². The monoisotopic (exact) mass is 526 g/mol. The van der Waals surface area contributed by atoms with Crippen LogP contribution in [-0.4, -0.2) is 34.0 Å². The van der Waals surface area contributed by atoms with Crippen molar-refractivity contribution in [3.63, 3.8) is 0 Å². The Morgan fingerprint density at radius 2 is 1.92 bits per heavy atom. The number of fused-ring (bicyclic) bond motifs is 2. The van der Waals surface area contributed by atoms with Gasteiger partial charge < -0.3 is 14.0 Å². The van der Waals surface area contributed by atoms with E-state index in [1.165, 1.54) is 5.56 Å². The molecule has 0 bridgehead atoms. The van der Waals surface area contributed by atoms with Gasteiger partial charge in [-0.15, -0.1) is 0 Å². The lowest BCUT2D eigenvalue weighted by atomic mass is 9.87. The molecule has 0 aliphatic carbocycles. The quantitative estimate of drug-likeness (QED) is 0.251. The minimum atomic E-state index is -1.00. The van der Waals surface area contributed by atoms with Gasteiger partial charge in [-0.1, -0.05) is 59.2 Å². The van der Waals surface area contributed by atoms with Crippen molar-refractivity contribution >= 4 is 28.4 Å². The number of carbonyl (C=O) groups is 1. The van der Waals surface area contributed by atoms with Crippen LogP contribution in [0.3, 0.4) is 0 Å². The van der Waals surface area contributed by atoms with Crippen LogP contribution >= 0.6 is 11.6 Å². The zero-order valence-electron chi connectivity index (χ0n) is 21.1. The molecule has 0 spiro atoms. The number of nitrogens with zero attached hydrogens (tertiary/aromatic N) is 2. The fraction of sp³-hybridized carbons (Fsp3) is 0.226. The third-order valence-electron chi connectivity index (χ3n) is 7.40. The number of aliphatic hydroxyl groups excluding tert-OH is 1. The summed E-state index contributed by atoms with van der Waals surface area (Å²) in [4.78, 5) is 15.8. The average molecular weight is 527 g/mol. The Labute approximate surface area is 225 Å². The third-order valence-corrected chi connectivity index (χ3v) is 7.73. The van der Waals surface area contributed by atoms with E-state index in [4.69, 9.17) is 20.5 Å². The number of rotatable bonds is 6. The Morgan fingerprint density at radius 1 is 1.11 bits per heavy atom. The predicted molar refractivity (Wildman–Crippen MR) is 146 cm³/mol. The van der Waals surface area contributed by atoms with Crippen LogP contribution in [0.15, 0.2) is 81.7 Å². The van der Waals surface area contributed by atoms with E-state index in [0.717, 1.165) is 34.5 Å². The van der Waals surface area contributed by atoms with Gasteiger partial charge in [-0.05, 0) is 67.3 Å². The van der Waals surface area contributed by atoms with Gasteiger partial charge in [0.2, 0.25) is 0 Å². The molecule has 0 radical (unpaired) electrons. The van der Waals surface area contributed by atoms with Gasteiger partial charge in [0.25, 0.3) is 0 Å². The van der Waals surface area contributed by atoms with Crippen LogP contribution in [0, 0.1) is 13.8 Å². The highest BCUT2D eigenvalue weighted by atomic mass is 35.5. The summed E-state index contributed by atoms with van der Waals surface area (Å²) in [6, 6.07) is 23.3. The van der Waals surface area contributed by atoms with E-state index in [1.54, 1.807) is 32.0 Å². The lowest BCUT2D eigenvalue weighted by molar-refractivity contribution is 0.0901. The summed E-state index contributed by atoms with van der Waals surface area (Å²) in [7, 11) is 0. The molecule has 0 saturated carbocycles. The maximum atomic E-state index is 13.6. The van der Waals surface area contributed by atoms with Crippen molar-refractivity contribution in [2.75, 3.05) is 13.1 Å². The zero-order valence-corrected chi connectivity index (χ0v) is 21.9. The topological polar surface area (TPSA) is 79.7 Å². The molecule has 3 heterocycles. The van der Waals surface area contributed by atoms with Gasteiger partial charge in [-0.25, -0.2) is 0 Å². The van der Waals surface area contributed by atoms with E-state index in [2.05, 4.69) is 28.3 Å². The number of benzene rings is 3. The van der Waals surface area contributed by atoms with E-state index in [1.807, 2.05) is 36.4 Å². The summed E-state index contributed by atoms with van der Waals surface area (Å²) < 4.78 is 11.1. The van der Waals surface area contributed by atoms with E-state index >= 15 is 0 Å². The molecule has 0 amide bonds. The minimum Gasteiger partial charge on any atom is -0.458 e. The summed E-state index contributed by atoms with van der Waals surface area (Å²) in [6.45, 7) is 4.54. The van der Waals surface area contributed by atoms with Crippen LogP contribution < -0.4 is 0 Å². The van der Waals surface area contributed by atoms with Crippen molar-refractivity contribution < 1.29 is 18.8 Å². The maximum absolute atomic E-state index is 13.6. The number of hydrogen-bond acceptors (Lipinski definition) is 6. The molecule has 6 nitrogen and oxygen atoms in total. The first kappa shape index (κ1) is 24.6. The predicted octanol–water partition coefficient (Wildman–Crippen LogP) is 6.60. The second kappa shape index (κ2) is 9.87. The molecule has 0 fully saturated rings. The Kier molecular flexibility index (Phi) is 6.40. The molecule has 1 aliphatic heterocycles. The Bertz CT molecular complexity index is 1620.